The molecular weight excluding hydrogens is 238 g/mol. The smallest absolute Gasteiger partial charge is 0.256 e. The van der Waals surface area contributed by atoms with E-state index in [-0.39, 0.29) is 5.91 Å². The largest absolute Gasteiger partial charge is 0.399 e. The number of nitrogens with two attached hydrogens (primary N) is 1. The van der Waals surface area contributed by atoms with Crippen molar-refractivity contribution in [3.63, 3.8) is 0 Å². The van der Waals surface area contributed by atoms with E-state index in [9.17, 15) is 4.79 Å². The third-order valence-corrected chi connectivity index (χ3v) is 2.92. The zero-order valence-corrected chi connectivity index (χ0v) is 10.7. The summed E-state index contributed by atoms with van der Waals surface area (Å²) in [6.45, 7) is 8.32. The van der Waals surface area contributed by atoms with Crippen molar-refractivity contribution in [1.82, 2.24) is 9.88 Å². The van der Waals surface area contributed by atoms with E-state index >= 15 is 0 Å². The van der Waals surface area contributed by atoms with E-state index < -0.39 is 0 Å². The van der Waals surface area contributed by atoms with E-state index in [2.05, 4.69) is 18.1 Å². The van der Waals surface area contributed by atoms with Crippen molar-refractivity contribution in [2.45, 2.75) is 0 Å². The van der Waals surface area contributed by atoms with Crippen molar-refractivity contribution >= 4 is 22.5 Å². The predicted molar refractivity (Wildman–Crippen MR) is 79.0 cm³/mol. The summed E-state index contributed by atoms with van der Waals surface area (Å²) in [5.74, 6) is -0.0455. The average Bonchev–Trinajstić information content (AvgIpc) is 2.80. The molecule has 1 aromatic carbocycles. The Morgan fingerprint density at radius 1 is 1.32 bits per heavy atom. The first kappa shape index (κ1) is 13.0. The van der Waals surface area contributed by atoms with Crippen molar-refractivity contribution < 1.29 is 4.79 Å². The number of hydrogen-bond acceptors (Lipinski definition) is 2. The lowest BCUT2D eigenvalue weighted by Crippen LogP contribution is -2.31. The van der Waals surface area contributed by atoms with Crippen LogP contribution in [0.25, 0.3) is 10.9 Å². The van der Waals surface area contributed by atoms with Crippen molar-refractivity contribution in [3.8, 4) is 0 Å². The molecule has 2 rings (SSSR count). The number of rotatable bonds is 5. The third-order valence-electron chi connectivity index (χ3n) is 2.92. The fourth-order valence-corrected chi connectivity index (χ4v) is 2.04. The van der Waals surface area contributed by atoms with Crippen LogP contribution < -0.4 is 5.73 Å². The zero-order chi connectivity index (χ0) is 13.8. The molecule has 0 fully saturated rings. The molecule has 98 valence electrons. The van der Waals surface area contributed by atoms with Gasteiger partial charge in [0.05, 0.1) is 5.56 Å². The Morgan fingerprint density at radius 3 is 2.63 bits per heavy atom. The second-order valence-electron chi connectivity index (χ2n) is 4.29. The number of amides is 1. The van der Waals surface area contributed by atoms with Gasteiger partial charge in [-0.05, 0) is 18.2 Å². The number of aromatic amines is 1. The molecule has 4 heteroatoms. The summed E-state index contributed by atoms with van der Waals surface area (Å²) in [6.07, 6.45) is 5.12. The minimum Gasteiger partial charge on any atom is -0.399 e. The van der Waals surface area contributed by atoms with Gasteiger partial charge < -0.3 is 15.6 Å². The highest BCUT2D eigenvalue weighted by atomic mass is 16.2. The van der Waals surface area contributed by atoms with Crippen molar-refractivity contribution in [1.29, 1.82) is 0 Å². The number of hydrogen-bond donors (Lipinski definition) is 2. The summed E-state index contributed by atoms with van der Waals surface area (Å²) in [6, 6.07) is 5.46. The first-order valence-corrected chi connectivity index (χ1v) is 6.05. The molecule has 0 aliphatic carbocycles. The molecule has 19 heavy (non-hydrogen) atoms. The lowest BCUT2D eigenvalue weighted by Gasteiger charge is -2.18. The second kappa shape index (κ2) is 5.44. The first-order valence-electron chi connectivity index (χ1n) is 6.05. The molecule has 0 saturated carbocycles. The maximum Gasteiger partial charge on any atom is 0.256 e. The minimum absolute atomic E-state index is 0.0455. The summed E-state index contributed by atoms with van der Waals surface area (Å²) < 4.78 is 0. The summed E-state index contributed by atoms with van der Waals surface area (Å²) in [5, 5.41) is 0.873. The number of fused-ring (bicyclic) bond motifs is 1. The molecule has 2 aromatic rings. The number of nitrogens with one attached hydrogen (secondary N) is 1. The molecule has 0 atom stereocenters. The Bertz CT molecular complexity index is 617. The van der Waals surface area contributed by atoms with Crippen LogP contribution in [0.5, 0.6) is 0 Å². The number of nitrogens with zero attached hydrogens (tertiary/aromatic N) is 1. The number of anilines is 1. The van der Waals surface area contributed by atoms with Gasteiger partial charge in [-0.2, -0.15) is 0 Å². The monoisotopic (exact) mass is 255 g/mol. The normalized spacial score (nSPS) is 10.3. The summed E-state index contributed by atoms with van der Waals surface area (Å²) >= 11 is 0. The number of carbonyl (C=O) groups is 1. The SMILES string of the molecule is C=CCN(CC=C)C(=O)c1c[nH]c2cc(N)ccc12. The van der Waals surface area contributed by atoms with Gasteiger partial charge in [0.1, 0.15) is 0 Å². The van der Waals surface area contributed by atoms with E-state index in [1.807, 2.05) is 12.1 Å². The minimum atomic E-state index is -0.0455. The number of benzene rings is 1. The average molecular weight is 255 g/mol. The highest BCUT2D eigenvalue weighted by Gasteiger charge is 2.17. The molecule has 0 radical (unpaired) electrons. The van der Waals surface area contributed by atoms with Crippen LogP contribution in [0.15, 0.2) is 49.7 Å². The topological polar surface area (TPSA) is 62.1 Å². The number of carbonyl (C=O) groups excluding carboxylic acids is 1. The van der Waals surface area contributed by atoms with Gasteiger partial charge in [-0.3, -0.25) is 4.79 Å². The lowest BCUT2D eigenvalue weighted by atomic mass is 10.1. The van der Waals surface area contributed by atoms with Crippen LogP contribution in [-0.4, -0.2) is 28.9 Å². The summed E-state index contributed by atoms with van der Waals surface area (Å²) in [7, 11) is 0. The Labute approximate surface area is 112 Å². The molecule has 0 saturated heterocycles. The van der Waals surface area contributed by atoms with Gasteiger partial charge in [-0.25, -0.2) is 0 Å². The fraction of sp³-hybridized carbons (Fsp3) is 0.133. The van der Waals surface area contributed by atoms with Crippen LogP contribution in [0.1, 0.15) is 10.4 Å². The van der Waals surface area contributed by atoms with E-state index in [1.54, 1.807) is 29.3 Å². The second-order valence-corrected chi connectivity index (χ2v) is 4.29. The molecule has 3 N–H and O–H groups in total. The summed E-state index contributed by atoms with van der Waals surface area (Å²) in [4.78, 5) is 17.2. The molecule has 0 bridgehead atoms. The molecule has 4 nitrogen and oxygen atoms in total. The maximum absolute atomic E-state index is 12.5. The molecule has 1 heterocycles. The highest BCUT2D eigenvalue weighted by Crippen LogP contribution is 2.22. The van der Waals surface area contributed by atoms with Gasteiger partial charge in [0.2, 0.25) is 0 Å². The maximum atomic E-state index is 12.5. The van der Waals surface area contributed by atoms with Gasteiger partial charge >= 0.3 is 0 Å². The van der Waals surface area contributed by atoms with Gasteiger partial charge in [-0.15, -0.1) is 13.2 Å². The molecule has 1 amide bonds. The quantitative estimate of drug-likeness (QED) is 0.637. The van der Waals surface area contributed by atoms with E-state index in [4.69, 9.17) is 5.73 Å². The van der Waals surface area contributed by atoms with Crippen molar-refractivity contribution in [2.24, 2.45) is 0 Å². The lowest BCUT2D eigenvalue weighted by molar-refractivity contribution is 0.0793. The Kier molecular flexibility index (Phi) is 3.71. The highest BCUT2D eigenvalue weighted by molar-refractivity contribution is 6.07. The van der Waals surface area contributed by atoms with Crippen molar-refractivity contribution in [3.05, 3.63) is 55.3 Å². The van der Waals surface area contributed by atoms with Crippen LogP contribution in [-0.2, 0) is 0 Å². The van der Waals surface area contributed by atoms with Gasteiger partial charge in [0.25, 0.3) is 5.91 Å². The van der Waals surface area contributed by atoms with Crippen LogP contribution >= 0.6 is 0 Å². The Hall–Kier alpha value is -2.49. The molecule has 1 aromatic heterocycles. The predicted octanol–water partition coefficient (Wildman–Crippen LogP) is 2.56. The van der Waals surface area contributed by atoms with Gasteiger partial charge in [-0.1, -0.05) is 12.2 Å². The van der Waals surface area contributed by atoms with Crippen LogP contribution in [0.3, 0.4) is 0 Å². The zero-order valence-electron chi connectivity index (χ0n) is 10.7. The Morgan fingerprint density at radius 2 is 2.00 bits per heavy atom. The van der Waals surface area contributed by atoms with E-state index in [0.717, 1.165) is 10.9 Å². The fourth-order valence-electron chi connectivity index (χ4n) is 2.04. The number of nitrogen functional groups attached to an aromatic ring is 1. The standard InChI is InChI=1S/C15H17N3O/c1-3-7-18(8-4-2)15(19)13-10-17-14-9-11(16)5-6-12(13)14/h3-6,9-10,17H,1-2,7-8,16H2. The first-order chi connectivity index (χ1) is 9.17. The number of aromatic nitrogens is 1. The molecule has 0 unspecified atom stereocenters. The van der Waals surface area contributed by atoms with Crippen LogP contribution in [0.4, 0.5) is 5.69 Å². The molecule has 0 spiro atoms. The molecule has 0 aliphatic rings. The molecule has 0 aliphatic heterocycles. The number of H-pyrrole nitrogens is 1. The van der Waals surface area contributed by atoms with Crippen molar-refractivity contribution in [2.75, 3.05) is 18.8 Å². The van der Waals surface area contributed by atoms with Gasteiger partial charge in [0.15, 0.2) is 0 Å². The summed E-state index contributed by atoms with van der Waals surface area (Å²) in [5.41, 5.74) is 7.89. The molecular formula is C15H17N3O. The van der Waals surface area contributed by atoms with Gasteiger partial charge in [0, 0.05) is 35.9 Å². The van der Waals surface area contributed by atoms with E-state index in [0.29, 0.717) is 24.3 Å². The van der Waals surface area contributed by atoms with Crippen LogP contribution in [0, 0.1) is 0 Å². The van der Waals surface area contributed by atoms with E-state index in [1.165, 1.54) is 0 Å². The Balaban J connectivity index is 2.39. The van der Waals surface area contributed by atoms with Crippen LogP contribution in [0.2, 0.25) is 0 Å². The third kappa shape index (κ3) is 2.52.